The Morgan fingerprint density at radius 3 is 2.26 bits per heavy atom. The first kappa shape index (κ1) is 21.6. The van der Waals surface area contributed by atoms with Gasteiger partial charge in [-0.15, -0.1) is 0 Å². The lowest BCUT2D eigenvalue weighted by molar-refractivity contribution is -0.0663. The van der Waals surface area contributed by atoms with Crippen molar-refractivity contribution in [3.05, 3.63) is 24.3 Å². The second kappa shape index (κ2) is 8.52. The van der Waals surface area contributed by atoms with Gasteiger partial charge in [-0.1, -0.05) is 20.8 Å². The largest absolute Gasteiger partial charge is 0.497 e. The highest BCUT2D eigenvalue weighted by atomic mass is 28.3. The summed E-state index contributed by atoms with van der Waals surface area (Å²) in [6, 6.07) is 7.35. The fourth-order valence-electron chi connectivity index (χ4n) is 3.55. The van der Waals surface area contributed by atoms with Crippen molar-refractivity contribution in [2.75, 3.05) is 20.3 Å². The predicted octanol–water partition coefficient (Wildman–Crippen LogP) is 4.05. The van der Waals surface area contributed by atoms with Crippen LogP contribution in [0.15, 0.2) is 24.3 Å². The number of ether oxygens (including phenoxy) is 3. The van der Waals surface area contributed by atoms with Crippen LogP contribution in [0, 0.1) is 5.41 Å². The van der Waals surface area contributed by atoms with Crippen molar-refractivity contribution in [3.8, 4) is 11.5 Å². The average molecular weight is 396 g/mol. The quantitative estimate of drug-likeness (QED) is 0.622. The van der Waals surface area contributed by atoms with Crippen LogP contribution in [0.3, 0.4) is 0 Å². The van der Waals surface area contributed by atoms with Gasteiger partial charge in [0.1, 0.15) is 23.8 Å². The molecule has 1 aliphatic rings. The van der Waals surface area contributed by atoms with E-state index in [9.17, 15) is 4.79 Å². The van der Waals surface area contributed by atoms with Gasteiger partial charge in [-0.3, -0.25) is 4.90 Å². The van der Waals surface area contributed by atoms with Crippen LogP contribution in [-0.4, -0.2) is 52.1 Å². The first-order valence-electron chi connectivity index (χ1n) is 9.45. The lowest BCUT2D eigenvalue weighted by Gasteiger charge is -2.42. The molecule has 1 saturated heterocycles. The van der Waals surface area contributed by atoms with Gasteiger partial charge in [-0.2, -0.15) is 0 Å². The molecule has 27 heavy (non-hydrogen) atoms. The second-order valence-corrected chi connectivity index (χ2v) is 11.0. The Labute approximate surface area is 164 Å². The zero-order valence-corrected chi connectivity index (χ0v) is 18.7. The zero-order valence-electron chi connectivity index (χ0n) is 17.6. The van der Waals surface area contributed by atoms with E-state index in [0.717, 1.165) is 12.2 Å². The van der Waals surface area contributed by atoms with Crippen molar-refractivity contribution in [1.29, 1.82) is 0 Å². The number of carbonyl (C=O) groups excluding carboxylic acids is 1. The van der Waals surface area contributed by atoms with E-state index in [4.69, 9.17) is 18.6 Å². The highest BCUT2D eigenvalue weighted by Crippen LogP contribution is 2.35. The van der Waals surface area contributed by atoms with Crippen molar-refractivity contribution >= 4 is 15.1 Å². The molecule has 152 valence electrons. The normalized spacial score (nSPS) is 19.8. The van der Waals surface area contributed by atoms with E-state index >= 15 is 0 Å². The van der Waals surface area contributed by atoms with Crippen LogP contribution < -0.4 is 9.47 Å². The minimum absolute atomic E-state index is 0.0238. The predicted molar refractivity (Wildman–Crippen MR) is 108 cm³/mol. The topological polar surface area (TPSA) is 57.2 Å². The molecule has 1 heterocycles. The van der Waals surface area contributed by atoms with Crippen LogP contribution in [0.4, 0.5) is 4.79 Å². The summed E-state index contributed by atoms with van der Waals surface area (Å²) in [7, 11) is 0.269. The molecule has 6 nitrogen and oxygen atoms in total. The summed E-state index contributed by atoms with van der Waals surface area (Å²) < 4.78 is 22.8. The van der Waals surface area contributed by atoms with Crippen LogP contribution in [-0.2, 0) is 9.16 Å². The molecule has 1 aromatic carbocycles. The Bertz CT molecular complexity index is 628. The molecule has 1 aromatic rings. The first-order chi connectivity index (χ1) is 12.5. The molecule has 1 fully saturated rings. The fraction of sp³-hybridized carbons (Fsp3) is 0.650. The number of methoxy groups -OCH3 is 1. The van der Waals surface area contributed by atoms with E-state index in [0.29, 0.717) is 18.9 Å². The Morgan fingerprint density at radius 2 is 1.74 bits per heavy atom. The first-order valence-corrected chi connectivity index (χ1v) is 12.2. The van der Waals surface area contributed by atoms with Gasteiger partial charge in [0.15, 0.2) is 15.1 Å². The Balaban J connectivity index is 2.02. The summed E-state index contributed by atoms with van der Waals surface area (Å²) in [6.45, 7) is 13.5. The van der Waals surface area contributed by atoms with Gasteiger partial charge >= 0.3 is 6.09 Å². The zero-order chi connectivity index (χ0) is 20.2. The van der Waals surface area contributed by atoms with E-state index < -0.39 is 14.8 Å². The standard InChI is InChI=1S/C20H33NO5Si/c1-19(2,3)14-20(4,26-27(6)7)21-12-17(25-18(21)22)13-24-16-10-8-15(23-5)9-11-16/h8-11,17,27H,12-14H2,1-7H3. The molecule has 1 amide bonds. The lowest BCUT2D eigenvalue weighted by atomic mass is 9.86. The number of benzene rings is 1. The number of carbonyl (C=O) groups is 1. The molecule has 0 spiro atoms. The number of hydrogen-bond acceptors (Lipinski definition) is 5. The number of amides is 1. The monoisotopic (exact) mass is 395 g/mol. The highest BCUT2D eigenvalue weighted by Gasteiger charge is 2.46. The van der Waals surface area contributed by atoms with Gasteiger partial charge in [0.25, 0.3) is 0 Å². The fourth-order valence-corrected chi connectivity index (χ4v) is 4.77. The van der Waals surface area contributed by atoms with Crippen LogP contribution in [0.2, 0.25) is 13.1 Å². The van der Waals surface area contributed by atoms with Gasteiger partial charge in [0.05, 0.1) is 13.7 Å². The second-order valence-electron chi connectivity index (χ2n) is 8.68. The van der Waals surface area contributed by atoms with Crippen molar-refractivity contribution in [1.82, 2.24) is 4.90 Å². The molecule has 2 rings (SSSR count). The maximum Gasteiger partial charge on any atom is 0.412 e. The van der Waals surface area contributed by atoms with Gasteiger partial charge in [0, 0.05) is 0 Å². The Kier molecular flexibility index (Phi) is 6.81. The van der Waals surface area contributed by atoms with Crippen molar-refractivity contribution < 1.29 is 23.4 Å². The molecular formula is C20H33NO5Si. The Morgan fingerprint density at radius 1 is 1.15 bits per heavy atom. The van der Waals surface area contributed by atoms with Crippen molar-refractivity contribution in [2.45, 2.75) is 59.0 Å². The molecule has 0 saturated carbocycles. The van der Waals surface area contributed by atoms with Crippen LogP contribution in [0.25, 0.3) is 0 Å². The molecule has 0 bridgehead atoms. The van der Waals surface area contributed by atoms with Gasteiger partial charge in [-0.05, 0) is 56.1 Å². The third-order valence-corrected chi connectivity index (χ3v) is 5.27. The van der Waals surface area contributed by atoms with Gasteiger partial charge < -0.3 is 18.6 Å². The van der Waals surface area contributed by atoms with Crippen LogP contribution >= 0.6 is 0 Å². The minimum atomic E-state index is -1.35. The van der Waals surface area contributed by atoms with E-state index in [2.05, 4.69) is 33.9 Å². The summed E-state index contributed by atoms with van der Waals surface area (Å²) in [4.78, 5) is 14.3. The number of rotatable bonds is 8. The number of nitrogens with zero attached hydrogens (tertiary/aromatic N) is 1. The van der Waals surface area contributed by atoms with E-state index in [1.165, 1.54) is 0 Å². The van der Waals surface area contributed by atoms with Gasteiger partial charge in [-0.25, -0.2) is 4.79 Å². The number of hydrogen-bond donors (Lipinski definition) is 0. The molecule has 0 radical (unpaired) electrons. The molecule has 0 aromatic heterocycles. The smallest absolute Gasteiger partial charge is 0.412 e. The van der Waals surface area contributed by atoms with Crippen molar-refractivity contribution in [2.24, 2.45) is 5.41 Å². The molecular weight excluding hydrogens is 362 g/mol. The SMILES string of the molecule is COc1ccc(OCC2CN(C(C)(CC(C)(C)C)O[SiH](C)C)C(=O)O2)cc1. The lowest BCUT2D eigenvalue weighted by Crippen LogP contribution is -2.53. The van der Waals surface area contributed by atoms with Crippen LogP contribution in [0.1, 0.15) is 34.1 Å². The average Bonchev–Trinajstić information content (AvgIpc) is 2.92. The summed E-state index contributed by atoms with van der Waals surface area (Å²) in [5, 5.41) is 0. The van der Waals surface area contributed by atoms with Crippen molar-refractivity contribution in [3.63, 3.8) is 0 Å². The van der Waals surface area contributed by atoms with E-state index in [1.54, 1.807) is 12.0 Å². The molecule has 1 aliphatic heterocycles. The van der Waals surface area contributed by atoms with E-state index in [-0.39, 0.29) is 17.6 Å². The summed E-state index contributed by atoms with van der Waals surface area (Å²) in [6.07, 6.45) is 0.0860. The molecule has 2 atom stereocenters. The van der Waals surface area contributed by atoms with Crippen LogP contribution in [0.5, 0.6) is 11.5 Å². The molecule has 2 unspecified atom stereocenters. The van der Waals surface area contributed by atoms with E-state index in [1.807, 2.05) is 31.2 Å². The highest BCUT2D eigenvalue weighted by molar-refractivity contribution is 6.48. The van der Waals surface area contributed by atoms with Gasteiger partial charge in [0.2, 0.25) is 0 Å². The third kappa shape index (κ3) is 6.14. The number of cyclic esters (lactones) is 1. The molecule has 0 N–H and O–H groups in total. The Hall–Kier alpha value is -1.73. The third-order valence-electron chi connectivity index (χ3n) is 4.29. The minimum Gasteiger partial charge on any atom is -0.497 e. The molecule has 0 aliphatic carbocycles. The summed E-state index contributed by atoms with van der Waals surface area (Å²) in [5.74, 6) is 1.49. The summed E-state index contributed by atoms with van der Waals surface area (Å²) in [5.41, 5.74) is -0.638. The maximum absolute atomic E-state index is 12.6. The maximum atomic E-state index is 12.6. The summed E-state index contributed by atoms with van der Waals surface area (Å²) >= 11 is 0. The molecule has 7 heteroatoms.